The van der Waals surface area contributed by atoms with Crippen molar-refractivity contribution in [3.05, 3.63) is 59.9 Å². The van der Waals surface area contributed by atoms with Crippen molar-refractivity contribution in [2.24, 2.45) is 10.9 Å². The Morgan fingerprint density at radius 3 is 2.00 bits per heavy atom. The lowest BCUT2D eigenvalue weighted by molar-refractivity contribution is 0.318. The minimum Gasteiger partial charge on any atom is -0.409 e. The van der Waals surface area contributed by atoms with Crippen LogP contribution in [-0.4, -0.2) is 11.0 Å². The van der Waals surface area contributed by atoms with E-state index in [4.69, 9.17) is 10.9 Å². The van der Waals surface area contributed by atoms with E-state index in [1.807, 2.05) is 12.1 Å². The van der Waals surface area contributed by atoms with Gasteiger partial charge in [0.05, 0.1) is 0 Å². The van der Waals surface area contributed by atoms with Gasteiger partial charge >= 0.3 is 0 Å². The van der Waals surface area contributed by atoms with E-state index in [1.54, 1.807) is 24.3 Å². The third kappa shape index (κ3) is 3.01. The van der Waals surface area contributed by atoms with Crippen LogP contribution >= 0.6 is 11.8 Å². The number of hydrogen-bond acceptors (Lipinski definition) is 3. The number of nitrogens with two attached hydrogens (primary N) is 1. The highest BCUT2D eigenvalue weighted by Crippen LogP contribution is 2.27. The van der Waals surface area contributed by atoms with Crippen molar-refractivity contribution in [2.45, 2.75) is 9.79 Å². The smallest absolute Gasteiger partial charge is 0.170 e. The van der Waals surface area contributed by atoms with Gasteiger partial charge in [-0.1, -0.05) is 29.1 Å². The Hall–Kier alpha value is -2.01. The van der Waals surface area contributed by atoms with Crippen LogP contribution in [0.15, 0.2) is 63.5 Å². The highest BCUT2D eigenvalue weighted by molar-refractivity contribution is 7.99. The number of oxime groups is 1. The maximum atomic E-state index is 12.7. The van der Waals surface area contributed by atoms with Crippen molar-refractivity contribution < 1.29 is 9.60 Å². The first-order chi connectivity index (χ1) is 8.69. The zero-order chi connectivity index (χ0) is 13.0. The molecular weight excluding hydrogens is 251 g/mol. The lowest BCUT2D eigenvalue weighted by Gasteiger charge is -2.03. The van der Waals surface area contributed by atoms with Gasteiger partial charge in [0.25, 0.3) is 0 Å². The second kappa shape index (κ2) is 5.55. The summed E-state index contributed by atoms with van der Waals surface area (Å²) >= 11 is 1.51. The minimum absolute atomic E-state index is 0.0772. The Kier molecular flexibility index (Phi) is 3.84. The molecule has 0 atom stereocenters. The predicted molar refractivity (Wildman–Crippen MR) is 69.5 cm³/mol. The summed E-state index contributed by atoms with van der Waals surface area (Å²) in [6, 6.07) is 13.5. The van der Waals surface area contributed by atoms with Crippen molar-refractivity contribution in [3.63, 3.8) is 0 Å². The van der Waals surface area contributed by atoms with Crippen molar-refractivity contribution >= 4 is 17.6 Å². The first-order valence-corrected chi connectivity index (χ1v) is 6.02. The molecule has 0 bridgehead atoms. The van der Waals surface area contributed by atoms with E-state index in [-0.39, 0.29) is 11.7 Å². The second-order valence-electron chi connectivity index (χ2n) is 3.57. The standard InChI is InChI=1S/C13H11FN2OS/c14-10-3-7-12(8-4-10)18-11-5-1-9(2-6-11)13(15)16-17/h1-8,17H,(H2,15,16). The van der Waals surface area contributed by atoms with E-state index in [0.717, 1.165) is 9.79 Å². The first kappa shape index (κ1) is 12.4. The molecule has 0 aliphatic rings. The molecule has 0 fully saturated rings. The fourth-order valence-electron chi connectivity index (χ4n) is 1.39. The summed E-state index contributed by atoms with van der Waals surface area (Å²) < 4.78 is 12.7. The highest BCUT2D eigenvalue weighted by Gasteiger charge is 2.01. The molecule has 2 aromatic carbocycles. The maximum Gasteiger partial charge on any atom is 0.170 e. The van der Waals surface area contributed by atoms with E-state index in [0.29, 0.717) is 5.56 Å². The lowest BCUT2D eigenvalue weighted by atomic mass is 10.2. The van der Waals surface area contributed by atoms with Crippen LogP contribution in [0.25, 0.3) is 0 Å². The summed E-state index contributed by atoms with van der Waals surface area (Å²) in [6.45, 7) is 0. The largest absolute Gasteiger partial charge is 0.409 e. The minimum atomic E-state index is -0.248. The van der Waals surface area contributed by atoms with E-state index in [9.17, 15) is 4.39 Å². The maximum absolute atomic E-state index is 12.7. The highest BCUT2D eigenvalue weighted by atomic mass is 32.2. The van der Waals surface area contributed by atoms with Gasteiger partial charge in [0, 0.05) is 15.4 Å². The summed E-state index contributed by atoms with van der Waals surface area (Å²) in [6.07, 6.45) is 0. The summed E-state index contributed by atoms with van der Waals surface area (Å²) in [5.41, 5.74) is 6.12. The zero-order valence-electron chi connectivity index (χ0n) is 9.38. The normalized spacial score (nSPS) is 11.5. The van der Waals surface area contributed by atoms with E-state index >= 15 is 0 Å². The molecule has 2 aromatic rings. The van der Waals surface area contributed by atoms with Gasteiger partial charge in [0.2, 0.25) is 0 Å². The molecule has 0 aromatic heterocycles. The van der Waals surface area contributed by atoms with Gasteiger partial charge in [-0.05, 0) is 36.4 Å². The molecule has 92 valence electrons. The fraction of sp³-hybridized carbons (Fsp3) is 0. The molecule has 0 heterocycles. The first-order valence-electron chi connectivity index (χ1n) is 5.20. The van der Waals surface area contributed by atoms with Crippen LogP contribution in [0.4, 0.5) is 4.39 Å². The number of benzene rings is 2. The molecule has 0 aliphatic heterocycles. The molecule has 0 saturated heterocycles. The quantitative estimate of drug-likeness (QED) is 0.387. The van der Waals surface area contributed by atoms with Crippen LogP contribution < -0.4 is 5.73 Å². The molecule has 0 unspecified atom stereocenters. The van der Waals surface area contributed by atoms with Crippen LogP contribution in [-0.2, 0) is 0 Å². The Bertz CT molecular complexity index is 552. The topological polar surface area (TPSA) is 58.6 Å². The summed E-state index contributed by atoms with van der Waals surface area (Å²) in [7, 11) is 0. The van der Waals surface area contributed by atoms with E-state index < -0.39 is 0 Å². The predicted octanol–water partition coefficient (Wildman–Crippen LogP) is 3.07. The second-order valence-corrected chi connectivity index (χ2v) is 4.71. The third-order valence-electron chi connectivity index (χ3n) is 2.31. The fourth-order valence-corrected chi connectivity index (χ4v) is 2.21. The van der Waals surface area contributed by atoms with Crippen molar-refractivity contribution in [2.75, 3.05) is 0 Å². The number of amidine groups is 1. The van der Waals surface area contributed by atoms with Crippen LogP contribution in [0.1, 0.15) is 5.56 Å². The molecule has 18 heavy (non-hydrogen) atoms. The molecule has 0 spiro atoms. The zero-order valence-corrected chi connectivity index (χ0v) is 10.2. The number of hydrogen-bond donors (Lipinski definition) is 2. The van der Waals surface area contributed by atoms with E-state index in [2.05, 4.69) is 5.16 Å². The lowest BCUT2D eigenvalue weighted by Crippen LogP contribution is -2.12. The van der Waals surface area contributed by atoms with Gasteiger partial charge in [-0.15, -0.1) is 0 Å². The van der Waals surface area contributed by atoms with Gasteiger partial charge in [-0.2, -0.15) is 0 Å². The molecule has 0 amide bonds. The van der Waals surface area contributed by atoms with Crippen LogP contribution in [0.2, 0.25) is 0 Å². The molecule has 0 saturated carbocycles. The molecule has 5 heteroatoms. The van der Waals surface area contributed by atoms with Crippen LogP contribution in [0.3, 0.4) is 0 Å². The monoisotopic (exact) mass is 262 g/mol. The van der Waals surface area contributed by atoms with Crippen molar-refractivity contribution in [3.8, 4) is 0 Å². The number of halogens is 1. The van der Waals surface area contributed by atoms with Gasteiger partial charge in [0.1, 0.15) is 5.82 Å². The molecule has 0 aliphatic carbocycles. The number of rotatable bonds is 3. The Labute approximate surface area is 108 Å². The van der Waals surface area contributed by atoms with Crippen molar-refractivity contribution in [1.29, 1.82) is 0 Å². The van der Waals surface area contributed by atoms with E-state index in [1.165, 1.54) is 23.9 Å². The summed E-state index contributed by atoms with van der Waals surface area (Å²) in [4.78, 5) is 1.95. The molecule has 0 radical (unpaired) electrons. The molecule has 3 N–H and O–H groups in total. The SMILES string of the molecule is N/C(=N\O)c1ccc(Sc2ccc(F)cc2)cc1. The van der Waals surface area contributed by atoms with Gasteiger partial charge in [-0.25, -0.2) is 4.39 Å². The summed E-state index contributed by atoms with van der Waals surface area (Å²) in [5.74, 6) is -0.171. The Balaban J connectivity index is 2.13. The number of nitrogens with zero attached hydrogens (tertiary/aromatic N) is 1. The van der Waals surface area contributed by atoms with Gasteiger partial charge < -0.3 is 10.9 Å². The molecule has 3 nitrogen and oxygen atoms in total. The van der Waals surface area contributed by atoms with Crippen LogP contribution in [0.5, 0.6) is 0 Å². The summed E-state index contributed by atoms with van der Waals surface area (Å²) in [5, 5.41) is 11.5. The van der Waals surface area contributed by atoms with Gasteiger partial charge in [0.15, 0.2) is 5.84 Å². The third-order valence-corrected chi connectivity index (χ3v) is 3.32. The molecular formula is C13H11FN2OS. The van der Waals surface area contributed by atoms with Crippen LogP contribution in [0, 0.1) is 5.82 Å². The van der Waals surface area contributed by atoms with Crippen molar-refractivity contribution in [1.82, 2.24) is 0 Å². The average Bonchev–Trinajstić information content (AvgIpc) is 2.41. The average molecular weight is 262 g/mol. The Morgan fingerprint density at radius 1 is 1.00 bits per heavy atom. The van der Waals surface area contributed by atoms with Gasteiger partial charge in [-0.3, -0.25) is 0 Å². The Morgan fingerprint density at radius 2 is 1.50 bits per heavy atom. The molecule has 2 rings (SSSR count).